The van der Waals surface area contributed by atoms with E-state index in [1.54, 1.807) is 12.1 Å². The highest BCUT2D eigenvalue weighted by Crippen LogP contribution is 2.47. The number of halogens is 1. The Hall–Kier alpha value is -2.87. The van der Waals surface area contributed by atoms with Gasteiger partial charge in [-0.25, -0.2) is 4.39 Å². The lowest BCUT2D eigenvalue weighted by Gasteiger charge is -2.04. The van der Waals surface area contributed by atoms with Gasteiger partial charge in [0.2, 0.25) is 0 Å². The average Bonchev–Trinajstić information content (AvgIpc) is 3.09. The van der Waals surface area contributed by atoms with Gasteiger partial charge >= 0.3 is 0 Å². The maximum absolute atomic E-state index is 13.5. The summed E-state index contributed by atoms with van der Waals surface area (Å²) in [4.78, 5) is 12.1. The Kier molecular flexibility index (Phi) is 3.98. The molecule has 1 aromatic heterocycles. The van der Waals surface area contributed by atoms with Gasteiger partial charge in [0.05, 0.1) is 5.69 Å². The van der Waals surface area contributed by atoms with Gasteiger partial charge in [-0.1, -0.05) is 19.1 Å². The van der Waals surface area contributed by atoms with Crippen molar-refractivity contribution in [3.8, 4) is 6.07 Å². The first kappa shape index (κ1) is 15.0. The highest BCUT2D eigenvalue weighted by molar-refractivity contribution is 6.09. The van der Waals surface area contributed by atoms with Gasteiger partial charge in [0, 0.05) is 12.0 Å². The monoisotopic (exact) mass is 310 g/mol. The quantitative estimate of drug-likeness (QED) is 0.683. The van der Waals surface area contributed by atoms with Crippen molar-refractivity contribution in [2.24, 2.45) is 5.92 Å². The molecule has 1 amide bonds. The van der Waals surface area contributed by atoms with Crippen molar-refractivity contribution in [2.45, 2.75) is 19.3 Å². The molecule has 1 aromatic carbocycles. The lowest BCUT2D eigenvalue weighted by Crippen LogP contribution is -2.14. The van der Waals surface area contributed by atoms with E-state index in [1.165, 1.54) is 24.3 Å². The number of nitrogens with one attached hydrogen (secondary N) is 1. The number of hydrogen-bond acceptors (Lipinski definition) is 3. The molecular formula is C18H15FN2O2. The standard InChI is InChI=1S/C18H15FN2O2/c1-11-8-14(11)17-7-6-13(23-17)9-12(10-20)18(22)21-16-5-3-2-4-15(16)19/h2-7,9,11,14H,8H2,1H3,(H,21,22)/b12-9+/t11-,14-/m0/s1. The topological polar surface area (TPSA) is 66.0 Å². The van der Waals surface area contributed by atoms with E-state index in [4.69, 9.17) is 9.68 Å². The van der Waals surface area contributed by atoms with Gasteiger partial charge < -0.3 is 9.73 Å². The Morgan fingerprint density at radius 1 is 1.39 bits per heavy atom. The molecule has 1 heterocycles. The Bertz CT molecular complexity index is 816. The van der Waals surface area contributed by atoms with Gasteiger partial charge in [0.1, 0.15) is 29.0 Å². The summed E-state index contributed by atoms with van der Waals surface area (Å²) in [5.74, 6) is 1.12. The van der Waals surface area contributed by atoms with Crippen molar-refractivity contribution in [2.75, 3.05) is 5.32 Å². The molecule has 0 spiro atoms. The number of nitriles is 1. The molecule has 0 unspecified atom stereocenters. The van der Waals surface area contributed by atoms with E-state index in [1.807, 2.05) is 12.1 Å². The van der Waals surface area contributed by atoms with E-state index in [9.17, 15) is 9.18 Å². The number of carbonyl (C=O) groups excluding carboxylic acids is 1. The summed E-state index contributed by atoms with van der Waals surface area (Å²) in [5, 5.41) is 11.5. The fourth-order valence-electron chi connectivity index (χ4n) is 2.41. The second-order valence-corrected chi connectivity index (χ2v) is 5.66. The van der Waals surface area contributed by atoms with Crippen LogP contribution in [0.25, 0.3) is 6.08 Å². The van der Waals surface area contributed by atoms with Crippen molar-refractivity contribution in [3.05, 3.63) is 59.3 Å². The summed E-state index contributed by atoms with van der Waals surface area (Å²) in [5.41, 5.74) is -0.108. The molecular weight excluding hydrogens is 295 g/mol. The van der Waals surface area contributed by atoms with E-state index in [0.29, 0.717) is 17.6 Å². The Morgan fingerprint density at radius 3 is 2.78 bits per heavy atom. The SMILES string of the molecule is C[C@H]1C[C@@H]1c1ccc(/C=C(\C#N)C(=O)Nc2ccccc2F)o1. The number of carbonyl (C=O) groups is 1. The number of amides is 1. The van der Waals surface area contributed by atoms with Crippen LogP contribution in [-0.2, 0) is 4.79 Å². The van der Waals surface area contributed by atoms with E-state index in [0.717, 1.165) is 12.2 Å². The van der Waals surface area contributed by atoms with Gasteiger partial charge in [-0.05, 0) is 36.6 Å². The predicted octanol–water partition coefficient (Wildman–Crippen LogP) is 4.09. The summed E-state index contributed by atoms with van der Waals surface area (Å²) >= 11 is 0. The fourth-order valence-corrected chi connectivity index (χ4v) is 2.41. The van der Waals surface area contributed by atoms with Crippen LogP contribution in [0.3, 0.4) is 0 Å². The summed E-state index contributed by atoms with van der Waals surface area (Å²) in [6.45, 7) is 2.14. The molecule has 23 heavy (non-hydrogen) atoms. The molecule has 0 aliphatic heterocycles. The first-order chi connectivity index (χ1) is 11.1. The zero-order chi connectivity index (χ0) is 16.4. The number of furan rings is 1. The maximum Gasteiger partial charge on any atom is 0.266 e. The molecule has 116 valence electrons. The van der Waals surface area contributed by atoms with Gasteiger partial charge in [-0.15, -0.1) is 0 Å². The van der Waals surface area contributed by atoms with Crippen molar-refractivity contribution in [1.29, 1.82) is 5.26 Å². The fraction of sp³-hybridized carbons (Fsp3) is 0.222. The third-order valence-electron chi connectivity index (χ3n) is 3.90. The lowest BCUT2D eigenvalue weighted by atomic mass is 10.2. The third kappa shape index (κ3) is 3.32. The summed E-state index contributed by atoms with van der Waals surface area (Å²) in [6.07, 6.45) is 2.46. The molecule has 1 saturated carbocycles. The minimum atomic E-state index is -0.671. The molecule has 1 N–H and O–H groups in total. The second kappa shape index (κ2) is 6.09. The van der Waals surface area contributed by atoms with E-state index in [2.05, 4.69) is 12.2 Å². The number of anilines is 1. The van der Waals surface area contributed by atoms with E-state index < -0.39 is 11.7 Å². The van der Waals surface area contributed by atoms with Crippen LogP contribution in [0.1, 0.15) is 30.8 Å². The number of benzene rings is 1. The third-order valence-corrected chi connectivity index (χ3v) is 3.90. The van der Waals surface area contributed by atoms with Crippen LogP contribution in [0.2, 0.25) is 0 Å². The van der Waals surface area contributed by atoms with Crippen LogP contribution in [0.15, 0.2) is 46.4 Å². The Balaban J connectivity index is 1.76. The Labute approximate surface area is 133 Å². The zero-order valence-electron chi connectivity index (χ0n) is 12.5. The molecule has 2 atom stereocenters. The van der Waals surface area contributed by atoms with Crippen LogP contribution in [0.4, 0.5) is 10.1 Å². The van der Waals surface area contributed by atoms with Crippen molar-refractivity contribution >= 4 is 17.7 Å². The average molecular weight is 310 g/mol. The van der Waals surface area contributed by atoms with Crippen molar-refractivity contribution in [1.82, 2.24) is 0 Å². The highest BCUT2D eigenvalue weighted by Gasteiger charge is 2.36. The van der Waals surface area contributed by atoms with Gasteiger partial charge in [0.15, 0.2) is 0 Å². The summed E-state index contributed by atoms with van der Waals surface area (Å²) < 4.78 is 19.2. The molecule has 5 heteroatoms. The first-order valence-corrected chi connectivity index (χ1v) is 7.36. The van der Waals surface area contributed by atoms with Crippen molar-refractivity contribution < 1.29 is 13.6 Å². The summed E-state index contributed by atoms with van der Waals surface area (Å²) in [7, 11) is 0. The second-order valence-electron chi connectivity index (χ2n) is 5.66. The summed E-state index contributed by atoms with van der Waals surface area (Å²) in [6, 6.07) is 11.2. The lowest BCUT2D eigenvalue weighted by molar-refractivity contribution is -0.112. The largest absolute Gasteiger partial charge is 0.461 e. The molecule has 3 rings (SSSR count). The molecule has 1 fully saturated rings. The molecule has 1 aliphatic carbocycles. The van der Waals surface area contributed by atoms with E-state index in [-0.39, 0.29) is 11.3 Å². The molecule has 1 aliphatic rings. The minimum absolute atomic E-state index is 0.0330. The number of para-hydroxylation sites is 1. The minimum Gasteiger partial charge on any atom is -0.461 e. The first-order valence-electron chi connectivity index (χ1n) is 7.36. The van der Waals surface area contributed by atoms with Gasteiger partial charge in [-0.2, -0.15) is 5.26 Å². The van der Waals surface area contributed by atoms with Crippen LogP contribution in [-0.4, -0.2) is 5.91 Å². The molecule has 0 radical (unpaired) electrons. The molecule has 0 saturated heterocycles. The molecule has 4 nitrogen and oxygen atoms in total. The molecule has 0 bridgehead atoms. The van der Waals surface area contributed by atoms with Crippen LogP contribution in [0.5, 0.6) is 0 Å². The van der Waals surface area contributed by atoms with Gasteiger partial charge in [0.25, 0.3) is 5.91 Å². The number of rotatable bonds is 4. The van der Waals surface area contributed by atoms with Crippen LogP contribution < -0.4 is 5.32 Å². The smallest absolute Gasteiger partial charge is 0.266 e. The maximum atomic E-state index is 13.5. The van der Waals surface area contributed by atoms with Gasteiger partial charge in [-0.3, -0.25) is 4.79 Å². The number of nitrogens with zero attached hydrogens (tertiary/aromatic N) is 1. The van der Waals surface area contributed by atoms with Crippen molar-refractivity contribution in [3.63, 3.8) is 0 Å². The highest BCUT2D eigenvalue weighted by atomic mass is 19.1. The number of hydrogen-bond donors (Lipinski definition) is 1. The van der Waals surface area contributed by atoms with Crippen LogP contribution in [0, 0.1) is 23.1 Å². The normalized spacial score (nSPS) is 20.0. The Morgan fingerprint density at radius 2 is 2.13 bits per heavy atom. The zero-order valence-corrected chi connectivity index (χ0v) is 12.5. The van der Waals surface area contributed by atoms with E-state index >= 15 is 0 Å². The van der Waals surface area contributed by atoms with Crippen LogP contribution >= 0.6 is 0 Å². The molecule has 2 aromatic rings. The predicted molar refractivity (Wildman–Crippen MR) is 83.8 cm³/mol.